The Hall–Kier alpha value is -1.99. The summed E-state index contributed by atoms with van der Waals surface area (Å²) in [6.45, 7) is 0.628. The molecule has 3 rings (SSSR count). The molecular formula is C15H21ClN6O. The van der Waals surface area contributed by atoms with Crippen LogP contribution in [0.4, 0.5) is 0 Å². The van der Waals surface area contributed by atoms with E-state index in [4.69, 9.17) is 5.73 Å². The summed E-state index contributed by atoms with van der Waals surface area (Å²) < 4.78 is 1.55. The third-order valence-electron chi connectivity index (χ3n) is 4.27. The summed E-state index contributed by atoms with van der Waals surface area (Å²) in [5.41, 5.74) is 7.27. The van der Waals surface area contributed by atoms with Crippen LogP contribution in [0.3, 0.4) is 0 Å². The molecule has 0 radical (unpaired) electrons. The molecule has 0 saturated heterocycles. The first-order valence-corrected chi connectivity index (χ1v) is 7.62. The number of tetrazole rings is 1. The summed E-state index contributed by atoms with van der Waals surface area (Å²) in [7, 11) is 0. The van der Waals surface area contributed by atoms with Gasteiger partial charge in [0, 0.05) is 11.6 Å². The quantitative estimate of drug-likeness (QED) is 0.877. The van der Waals surface area contributed by atoms with E-state index in [2.05, 4.69) is 20.8 Å². The number of nitrogens with one attached hydrogen (secondary N) is 1. The van der Waals surface area contributed by atoms with E-state index in [-0.39, 0.29) is 24.4 Å². The van der Waals surface area contributed by atoms with E-state index in [1.165, 1.54) is 12.7 Å². The van der Waals surface area contributed by atoms with Gasteiger partial charge in [0.15, 0.2) is 0 Å². The molecule has 7 nitrogen and oxygen atoms in total. The van der Waals surface area contributed by atoms with Crippen molar-refractivity contribution in [3.8, 4) is 5.69 Å². The Morgan fingerprint density at radius 3 is 2.65 bits per heavy atom. The molecule has 124 valence electrons. The molecule has 1 heterocycles. The van der Waals surface area contributed by atoms with Gasteiger partial charge >= 0.3 is 0 Å². The fourth-order valence-electron chi connectivity index (χ4n) is 2.98. The van der Waals surface area contributed by atoms with Crippen molar-refractivity contribution < 1.29 is 4.79 Å². The second-order valence-electron chi connectivity index (χ2n) is 5.66. The van der Waals surface area contributed by atoms with E-state index in [9.17, 15) is 4.79 Å². The van der Waals surface area contributed by atoms with Gasteiger partial charge in [-0.1, -0.05) is 12.8 Å². The first-order valence-electron chi connectivity index (χ1n) is 7.62. The topological polar surface area (TPSA) is 98.7 Å². The number of rotatable bonds is 4. The average molecular weight is 337 g/mol. The highest BCUT2D eigenvalue weighted by Gasteiger charge is 2.25. The van der Waals surface area contributed by atoms with Gasteiger partial charge in [-0.2, -0.15) is 0 Å². The van der Waals surface area contributed by atoms with Gasteiger partial charge in [0.2, 0.25) is 0 Å². The van der Waals surface area contributed by atoms with Crippen LogP contribution in [0, 0.1) is 5.92 Å². The Morgan fingerprint density at radius 2 is 2.00 bits per heavy atom. The van der Waals surface area contributed by atoms with E-state index in [0.717, 1.165) is 24.9 Å². The summed E-state index contributed by atoms with van der Waals surface area (Å²) in [4.78, 5) is 12.4. The molecule has 1 fully saturated rings. The third kappa shape index (κ3) is 4.05. The number of hydrogen-bond acceptors (Lipinski definition) is 5. The molecule has 1 aliphatic rings. The predicted octanol–water partition coefficient (Wildman–Crippen LogP) is 1.33. The van der Waals surface area contributed by atoms with Crippen LogP contribution in [0.25, 0.3) is 5.69 Å². The van der Waals surface area contributed by atoms with Crippen LogP contribution in [0.1, 0.15) is 36.0 Å². The van der Waals surface area contributed by atoms with Crippen LogP contribution in [0.2, 0.25) is 0 Å². The molecule has 0 bridgehead atoms. The maximum absolute atomic E-state index is 12.4. The summed E-state index contributed by atoms with van der Waals surface area (Å²) in [6, 6.07) is 7.41. The number of carbonyl (C=O) groups is 1. The first kappa shape index (κ1) is 17.4. The average Bonchev–Trinajstić information content (AvgIpc) is 3.10. The standard InChI is InChI=1S/C15H20N6O.ClH/c16-9-12-3-1-2-4-14(12)18-15(22)11-5-7-13(8-6-11)21-10-17-19-20-21;/h5-8,10,12,14H,1-4,9,16H2,(H,18,22);1H. The maximum atomic E-state index is 12.4. The van der Waals surface area contributed by atoms with E-state index < -0.39 is 0 Å². The highest BCUT2D eigenvalue weighted by molar-refractivity contribution is 5.94. The maximum Gasteiger partial charge on any atom is 0.251 e. The minimum Gasteiger partial charge on any atom is -0.349 e. The second-order valence-corrected chi connectivity index (χ2v) is 5.66. The number of hydrogen-bond donors (Lipinski definition) is 2. The number of halogens is 1. The molecular weight excluding hydrogens is 316 g/mol. The molecule has 0 aliphatic heterocycles. The van der Waals surface area contributed by atoms with Gasteiger partial charge in [-0.25, -0.2) is 4.68 Å². The summed E-state index contributed by atoms with van der Waals surface area (Å²) in [5.74, 6) is 0.340. The lowest BCUT2D eigenvalue weighted by Crippen LogP contribution is -2.44. The van der Waals surface area contributed by atoms with Gasteiger partial charge in [-0.05, 0) is 60.0 Å². The summed E-state index contributed by atoms with van der Waals surface area (Å²) in [6.07, 6.45) is 5.98. The van der Waals surface area contributed by atoms with E-state index in [0.29, 0.717) is 18.0 Å². The Morgan fingerprint density at radius 1 is 1.26 bits per heavy atom. The third-order valence-corrected chi connectivity index (χ3v) is 4.27. The molecule has 3 N–H and O–H groups in total. The van der Waals surface area contributed by atoms with Crippen LogP contribution in [-0.2, 0) is 0 Å². The Kier molecular flexibility index (Phi) is 6.06. The van der Waals surface area contributed by atoms with Crippen LogP contribution in [0.5, 0.6) is 0 Å². The van der Waals surface area contributed by atoms with Crippen molar-refractivity contribution >= 4 is 18.3 Å². The van der Waals surface area contributed by atoms with E-state index in [1.54, 1.807) is 16.8 Å². The van der Waals surface area contributed by atoms with Crippen molar-refractivity contribution in [3.05, 3.63) is 36.2 Å². The summed E-state index contributed by atoms with van der Waals surface area (Å²) >= 11 is 0. The SMILES string of the molecule is Cl.NCC1CCCCC1NC(=O)c1ccc(-n2cnnn2)cc1. The lowest BCUT2D eigenvalue weighted by atomic mass is 9.84. The highest BCUT2D eigenvalue weighted by Crippen LogP contribution is 2.23. The van der Waals surface area contributed by atoms with Crippen LogP contribution in [-0.4, -0.2) is 38.7 Å². The lowest BCUT2D eigenvalue weighted by molar-refractivity contribution is 0.0908. The van der Waals surface area contributed by atoms with Gasteiger partial charge in [0.25, 0.3) is 5.91 Å². The van der Waals surface area contributed by atoms with Crippen molar-refractivity contribution in [3.63, 3.8) is 0 Å². The zero-order valence-corrected chi connectivity index (χ0v) is 13.6. The second kappa shape index (κ2) is 8.03. The van der Waals surface area contributed by atoms with Gasteiger partial charge < -0.3 is 11.1 Å². The van der Waals surface area contributed by atoms with Crippen molar-refractivity contribution in [2.75, 3.05) is 6.54 Å². The highest BCUT2D eigenvalue weighted by atomic mass is 35.5. The Balaban J connectivity index is 0.00000192. The van der Waals surface area contributed by atoms with Crippen molar-refractivity contribution in [2.24, 2.45) is 11.7 Å². The normalized spacial score (nSPS) is 20.6. The predicted molar refractivity (Wildman–Crippen MR) is 88.7 cm³/mol. The molecule has 2 aromatic rings. The van der Waals surface area contributed by atoms with Crippen molar-refractivity contribution in [1.29, 1.82) is 0 Å². The van der Waals surface area contributed by atoms with Crippen LogP contribution in [0.15, 0.2) is 30.6 Å². The lowest BCUT2D eigenvalue weighted by Gasteiger charge is -2.31. The number of aromatic nitrogens is 4. The molecule has 2 atom stereocenters. The number of benzene rings is 1. The van der Waals surface area contributed by atoms with Crippen LogP contribution >= 0.6 is 12.4 Å². The molecule has 23 heavy (non-hydrogen) atoms. The van der Waals surface area contributed by atoms with Gasteiger partial charge in [0.1, 0.15) is 6.33 Å². The minimum atomic E-state index is -0.0476. The van der Waals surface area contributed by atoms with Crippen LogP contribution < -0.4 is 11.1 Å². The Labute approximate surface area is 141 Å². The molecule has 8 heteroatoms. The molecule has 1 aromatic heterocycles. The molecule has 2 unspecified atom stereocenters. The van der Waals surface area contributed by atoms with Gasteiger partial charge in [0.05, 0.1) is 5.69 Å². The minimum absolute atomic E-state index is 0. The molecule has 1 aromatic carbocycles. The number of amides is 1. The monoisotopic (exact) mass is 336 g/mol. The van der Waals surface area contributed by atoms with Crippen molar-refractivity contribution in [1.82, 2.24) is 25.5 Å². The number of nitrogens with two attached hydrogens (primary N) is 1. The first-order chi connectivity index (χ1) is 10.8. The largest absolute Gasteiger partial charge is 0.349 e. The van der Waals surface area contributed by atoms with Crippen molar-refractivity contribution in [2.45, 2.75) is 31.7 Å². The number of nitrogens with zero attached hydrogens (tertiary/aromatic N) is 4. The van der Waals surface area contributed by atoms with Gasteiger partial charge in [-0.15, -0.1) is 17.5 Å². The fraction of sp³-hybridized carbons (Fsp3) is 0.467. The fourth-order valence-corrected chi connectivity index (χ4v) is 2.98. The van der Waals surface area contributed by atoms with E-state index in [1.807, 2.05) is 12.1 Å². The van der Waals surface area contributed by atoms with E-state index >= 15 is 0 Å². The zero-order chi connectivity index (χ0) is 15.4. The zero-order valence-electron chi connectivity index (χ0n) is 12.8. The summed E-state index contributed by atoms with van der Waals surface area (Å²) in [5, 5.41) is 14.1. The molecule has 0 spiro atoms. The van der Waals surface area contributed by atoms with Gasteiger partial charge in [-0.3, -0.25) is 4.79 Å². The smallest absolute Gasteiger partial charge is 0.251 e. The molecule has 1 aliphatic carbocycles. The number of carbonyl (C=O) groups excluding carboxylic acids is 1. The Bertz CT molecular complexity index is 615. The molecule has 1 saturated carbocycles. The molecule has 1 amide bonds.